The summed E-state index contributed by atoms with van der Waals surface area (Å²) in [5, 5.41) is 11.1. The fourth-order valence-corrected chi connectivity index (χ4v) is 2.74. The number of hydrogen-bond acceptors (Lipinski definition) is 4. The summed E-state index contributed by atoms with van der Waals surface area (Å²) in [5.41, 5.74) is 1.81. The lowest BCUT2D eigenvalue weighted by Crippen LogP contribution is -2.01. The van der Waals surface area contributed by atoms with Crippen LogP contribution in [0.3, 0.4) is 0 Å². The number of aryl methyl sites for hydroxylation is 1. The highest BCUT2D eigenvalue weighted by Gasteiger charge is 2.15. The molecule has 0 aliphatic carbocycles. The number of carbonyl (C=O) groups is 1. The van der Waals surface area contributed by atoms with Gasteiger partial charge in [0, 0.05) is 0 Å². The van der Waals surface area contributed by atoms with Gasteiger partial charge in [0.25, 0.3) is 0 Å². The standard InChI is InChI=1S/C18H15NO2S/c1-3-9-21-16-6-4-14(5-7-16)11-15(12-19)17(20)18-13(2)8-10-22-18/h3-8,10-11H,1,9H2,2H3/b15-11-. The third-order valence-electron chi connectivity index (χ3n) is 2.99. The number of rotatable bonds is 6. The highest BCUT2D eigenvalue weighted by Crippen LogP contribution is 2.21. The number of ether oxygens (including phenoxy) is 1. The van der Waals surface area contributed by atoms with Gasteiger partial charge in [0.2, 0.25) is 5.78 Å². The smallest absolute Gasteiger partial charge is 0.213 e. The van der Waals surface area contributed by atoms with Gasteiger partial charge in [-0.1, -0.05) is 24.8 Å². The van der Waals surface area contributed by atoms with Crippen molar-refractivity contribution in [2.45, 2.75) is 6.92 Å². The number of ketones is 1. The van der Waals surface area contributed by atoms with Crippen molar-refractivity contribution in [1.29, 1.82) is 5.26 Å². The van der Waals surface area contributed by atoms with Crippen molar-refractivity contribution in [3.63, 3.8) is 0 Å². The van der Waals surface area contributed by atoms with Crippen molar-refractivity contribution < 1.29 is 9.53 Å². The Kier molecular flexibility index (Phi) is 5.29. The molecule has 0 radical (unpaired) electrons. The van der Waals surface area contributed by atoms with Crippen LogP contribution in [0.4, 0.5) is 0 Å². The maximum atomic E-state index is 12.4. The van der Waals surface area contributed by atoms with Gasteiger partial charge in [-0.25, -0.2) is 0 Å². The van der Waals surface area contributed by atoms with Gasteiger partial charge >= 0.3 is 0 Å². The molecule has 0 saturated carbocycles. The Morgan fingerprint density at radius 1 is 1.36 bits per heavy atom. The minimum absolute atomic E-state index is 0.130. The van der Waals surface area contributed by atoms with Crippen molar-refractivity contribution in [3.8, 4) is 11.8 Å². The summed E-state index contributed by atoms with van der Waals surface area (Å²) in [4.78, 5) is 13.0. The maximum absolute atomic E-state index is 12.4. The highest BCUT2D eigenvalue weighted by atomic mass is 32.1. The van der Waals surface area contributed by atoms with E-state index in [0.717, 1.165) is 16.9 Å². The predicted molar refractivity (Wildman–Crippen MR) is 89.1 cm³/mol. The van der Waals surface area contributed by atoms with Crippen molar-refractivity contribution in [2.24, 2.45) is 0 Å². The Bertz CT molecular complexity index is 748. The molecular formula is C18H15NO2S. The molecule has 0 N–H and O–H groups in total. The lowest BCUT2D eigenvalue weighted by Gasteiger charge is -2.03. The molecule has 2 aromatic rings. The van der Waals surface area contributed by atoms with Crippen LogP contribution in [0, 0.1) is 18.3 Å². The van der Waals surface area contributed by atoms with Gasteiger partial charge in [0.15, 0.2) is 0 Å². The number of nitrogens with zero attached hydrogens (tertiary/aromatic N) is 1. The molecule has 1 heterocycles. The molecule has 22 heavy (non-hydrogen) atoms. The average molecular weight is 309 g/mol. The molecule has 1 aromatic carbocycles. The van der Waals surface area contributed by atoms with Gasteiger partial charge in [0.05, 0.1) is 4.88 Å². The van der Waals surface area contributed by atoms with Gasteiger partial charge in [-0.15, -0.1) is 11.3 Å². The quantitative estimate of drug-likeness (QED) is 0.344. The summed E-state index contributed by atoms with van der Waals surface area (Å²) < 4.78 is 5.39. The van der Waals surface area contributed by atoms with Crippen molar-refractivity contribution in [1.82, 2.24) is 0 Å². The first-order valence-electron chi connectivity index (χ1n) is 6.70. The molecule has 0 amide bonds. The van der Waals surface area contributed by atoms with Gasteiger partial charge in [-0.05, 0) is 47.7 Å². The van der Waals surface area contributed by atoms with Gasteiger partial charge < -0.3 is 4.74 Å². The summed E-state index contributed by atoms with van der Waals surface area (Å²) in [5.74, 6) is 0.484. The maximum Gasteiger partial charge on any atom is 0.213 e. The predicted octanol–water partition coefficient (Wildman–Crippen LogP) is 4.41. The number of hydrogen-bond donors (Lipinski definition) is 0. The highest BCUT2D eigenvalue weighted by molar-refractivity contribution is 7.12. The van der Waals surface area contributed by atoms with E-state index in [1.807, 2.05) is 36.6 Å². The fraction of sp³-hybridized carbons (Fsp3) is 0.111. The second-order valence-corrected chi connectivity index (χ2v) is 5.52. The van der Waals surface area contributed by atoms with Gasteiger partial charge in [0.1, 0.15) is 24.0 Å². The summed E-state index contributed by atoms with van der Waals surface area (Å²) in [6.45, 7) is 5.89. The number of Topliss-reactive ketones (excluding diaryl/α,β-unsaturated/α-hetero) is 1. The topological polar surface area (TPSA) is 50.1 Å². The van der Waals surface area contributed by atoms with Gasteiger partial charge in [-0.2, -0.15) is 5.26 Å². The Morgan fingerprint density at radius 3 is 2.64 bits per heavy atom. The Hall–Kier alpha value is -2.64. The van der Waals surface area contributed by atoms with E-state index in [2.05, 4.69) is 6.58 Å². The van der Waals surface area contributed by atoms with Crippen LogP contribution in [-0.2, 0) is 0 Å². The number of carbonyl (C=O) groups excluding carboxylic acids is 1. The number of nitriles is 1. The lowest BCUT2D eigenvalue weighted by molar-refractivity contribution is 0.104. The van der Waals surface area contributed by atoms with Crippen LogP contribution in [0.25, 0.3) is 6.08 Å². The molecule has 3 nitrogen and oxygen atoms in total. The molecule has 0 aliphatic rings. The monoisotopic (exact) mass is 309 g/mol. The van der Waals surface area contributed by atoms with E-state index in [9.17, 15) is 10.1 Å². The largest absolute Gasteiger partial charge is 0.490 e. The Morgan fingerprint density at radius 2 is 2.09 bits per heavy atom. The van der Waals surface area contributed by atoms with E-state index < -0.39 is 0 Å². The molecule has 1 aromatic heterocycles. The third kappa shape index (κ3) is 3.72. The number of thiophene rings is 1. The van der Waals surface area contributed by atoms with E-state index in [0.29, 0.717) is 11.5 Å². The normalized spacial score (nSPS) is 10.8. The second kappa shape index (κ2) is 7.39. The van der Waals surface area contributed by atoms with Crippen LogP contribution < -0.4 is 4.74 Å². The summed E-state index contributed by atoms with van der Waals surface area (Å²) in [7, 11) is 0. The van der Waals surface area contributed by atoms with Crippen LogP contribution in [0.15, 0.2) is 53.9 Å². The first-order chi connectivity index (χ1) is 10.7. The molecule has 0 unspecified atom stereocenters. The van der Waals surface area contributed by atoms with E-state index in [-0.39, 0.29) is 11.4 Å². The zero-order valence-corrected chi connectivity index (χ0v) is 13.0. The van der Waals surface area contributed by atoms with Crippen LogP contribution >= 0.6 is 11.3 Å². The molecule has 0 saturated heterocycles. The lowest BCUT2D eigenvalue weighted by atomic mass is 10.1. The molecule has 0 spiro atoms. The summed E-state index contributed by atoms with van der Waals surface area (Å²) in [6.07, 6.45) is 3.27. The van der Waals surface area contributed by atoms with Crippen molar-refractivity contribution in [3.05, 3.63) is 69.9 Å². The second-order valence-electron chi connectivity index (χ2n) is 4.60. The third-order valence-corrected chi connectivity index (χ3v) is 4.01. The Balaban J connectivity index is 2.22. The van der Waals surface area contributed by atoms with E-state index >= 15 is 0 Å². The van der Waals surface area contributed by atoms with Crippen molar-refractivity contribution >= 4 is 23.2 Å². The van der Waals surface area contributed by atoms with E-state index in [1.165, 1.54) is 11.3 Å². The van der Waals surface area contributed by atoms with Gasteiger partial charge in [-0.3, -0.25) is 4.79 Å². The molecule has 2 rings (SSSR count). The molecule has 0 bridgehead atoms. The summed E-state index contributed by atoms with van der Waals surface area (Å²) in [6, 6.07) is 11.1. The molecule has 0 aliphatic heterocycles. The average Bonchev–Trinajstić information content (AvgIpc) is 2.97. The molecular weight excluding hydrogens is 294 g/mol. The van der Waals surface area contributed by atoms with E-state index in [1.54, 1.807) is 24.3 Å². The SMILES string of the molecule is C=CCOc1ccc(/C=C(/C#N)C(=O)c2sccc2C)cc1. The molecule has 0 atom stereocenters. The Labute approximate surface area is 133 Å². The number of benzene rings is 1. The minimum Gasteiger partial charge on any atom is -0.490 e. The molecule has 0 fully saturated rings. The summed E-state index contributed by atoms with van der Waals surface area (Å²) >= 11 is 1.35. The zero-order valence-electron chi connectivity index (χ0n) is 12.2. The first kappa shape index (κ1) is 15.7. The molecule has 110 valence electrons. The first-order valence-corrected chi connectivity index (χ1v) is 7.58. The van der Waals surface area contributed by atoms with E-state index in [4.69, 9.17) is 4.74 Å². The number of allylic oxidation sites excluding steroid dienone is 1. The van der Waals surface area contributed by atoms with Crippen LogP contribution in [0.1, 0.15) is 20.8 Å². The van der Waals surface area contributed by atoms with Crippen LogP contribution in [0.5, 0.6) is 5.75 Å². The van der Waals surface area contributed by atoms with Crippen molar-refractivity contribution in [2.75, 3.05) is 6.61 Å². The fourth-order valence-electron chi connectivity index (χ4n) is 1.86. The molecule has 4 heteroatoms. The van der Waals surface area contributed by atoms with Crippen LogP contribution in [-0.4, -0.2) is 12.4 Å². The zero-order chi connectivity index (χ0) is 15.9. The minimum atomic E-state index is -0.234. The van der Waals surface area contributed by atoms with Crippen LogP contribution in [0.2, 0.25) is 0 Å².